The van der Waals surface area contributed by atoms with Gasteiger partial charge < -0.3 is 5.11 Å². The Morgan fingerprint density at radius 2 is 1.38 bits per heavy atom. The van der Waals surface area contributed by atoms with Crippen molar-refractivity contribution in [2.75, 3.05) is 0 Å². The maximum Gasteiger partial charge on any atom is 0.453 e. The van der Waals surface area contributed by atoms with Gasteiger partial charge in [0.15, 0.2) is 0 Å². The SMILES string of the molecule is OC(CC(F)(F)C(F)(F)F)C(F)F. The van der Waals surface area contributed by atoms with Gasteiger partial charge >= 0.3 is 12.1 Å². The number of aliphatic hydroxyl groups excluding tert-OH is 1. The average molecular weight is 214 g/mol. The normalized spacial score (nSPS) is 16.4. The second-order valence-corrected chi connectivity index (χ2v) is 2.31. The van der Waals surface area contributed by atoms with Crippen molar-refractivity contribution in [3.63, 3.8) is 0 Å². The lowest BCUT2D eigenvalue weighted by Gasteiger charge is -2.21. The van der Waals surface area contributed by atoms with Crippen LogP contribution in [0.1, 0.15) is 6.42 Å². The molecule has 0 amide bonds. The maximum absolute atomic E-state index is 11.9. The van der Waals surface area contributed by atoms with Gasteiger partial charge in [0.05, 0.1) is 6.42 Å². The average Bonchev–Trinajstić information content (AvgIpc) is 1.83. The number of rotatable bonds is 3. The Kier molecular flexibility index (Phi) is 3.54. The van der Waals surface area contributed by atoms with Crippen LogP contribution in [-0.2, 0) is 0 Å². The molecular weight excluding hydrogens is 209 g/mol. The Bertz CT molecular complexity index is 163. The molecule has 0 fully saturated rings. The number of aliphatic hydroxyl groups is 1. The van der Waals surface area contributed by atoms with Crippen LogP contribution in [-0.4, -0.2) is 29.7 Å². The Hall–Kier alpha value is -0.530. The summed E-state index contributed by atoms with van der Waals surface area (Å²) in [6.07, 6.45) is -14.8. The fourth-order valence-electron chi connectivity index (χ4n) is 0.467. The van der Waals surface area contributed by atoms with Crippen LogP contribution >= 0.6 is 0 Å². The van der Waals surface area contributed by atoms with Crippen LogP contribution in [0.3, 0.4) is 0 Å². The molecule has 1 N–H and O–H groups in total. The molecule has 80 valence electrons. The molecule has 13 heavy (non-hydrogen) atoms. The van der Waals surface area contributed by atoms with Gasteiger partial charge in [0.1, 0.15) is 6.10 Å². The molecule has 1 unspecified atom stereocenters. The van der Waals surface area contributed by atoms with Crippen LogP contribution in [0.4, 0.5) is 30.7 Å². The van der Waals surface area contributed by atoms with Crippen LogP contribution < -0.4 is 0 Å². The Balaban J connectivity index is 4.34. The third-order valence-electron chi connectivity index (χ3n) is 1.17. The summed E-state index contributed by atoms with van der Waals surface area (Å²) in [5.41, 5.74) is 0. The standard InChI is InChI=1S/C5H5F7O/c6-3(7)2(13)1-4(8,9)5(10,11)12/h2-3,13H,1H2. The summed E-state index contributed by atoms with van der Waals surface area (Å²) in [6.45, 7) is 0. The maximum atomic E-state index is 11.9. The zero-order valence-electron chi connectivity index (χ0n) is 5.95. The van der Waals surface area contributed by atoms with Crippen molar-refractivity contribution in [2.45, 2.75) is 31.0 Å². The fourth-order valence-corrected chi connectivity index (χ4v) is 0.467. The molecular formula is C5H5F7O. The van der Waals surface area contributed by atoms with Gasteiger partial charge in [-0.1, -0.05) is 0 Å². The third kappa shape index (κ3) is 3.37. The first-order valence-corrected chi connectivity index (χ1v) is 2.98. The first kappa shape index (κ1) is 12.5. The highest BCUT2D eigenvalue weighted by molar-refractivity contribution is 4.79. The van der Waals surface area contributed by atoms with E-state index in [1.54, 1.807) is 0 Å². The summed E-state index contributed by atoms with van der Waals surface area (Å²) < 4.78 is 80.7. The predicted molar refractivity (Wildman–Crippen MR) is 27.6 cm³/mol. The first-order valence-electron chi connectivity index (χ1n) is 2.98. The van der Waals surface area contributed by atoms with E-state index in [0.717, 1.165) is 0 Å². The van der Waals surface area contributed by atoms with E-state index in [4.69, 9.17) is 5.11 Å². The smallest absolute Gasteiger partial charge is 0.387 e. The van der Waals surface area contributed by atoms with Gasteiger partial charge in [-0.3, -0.25) is 0 Å². The van der Waals surface area contributed by atoms with Crippen LogP contribution in [0.15, 0.2) is 0 Å². The molecule has 0 heterocycles. The Morgan fingerprint density at radius 1 is 1.00 bits per heavy atom. The van der Waals surface area contributed by atoms with E-state index < -0.39 is 31.0 Å². The fraction of sp³-hybridized carbons (Fsp3) is 1.00. The van der Waals surface area contributed by atoms with Crippen LogP contribution in [0.5, 0.6) is 0 Å². The van der Waals surface area contributed by atoms with Crippen molar-refractivity contribution in [2.24, 2.45) is 0 Å². The van der Waals surface area contributed by atoms with E-state index in [0.29, 0.717) is 0 Å². The minimum absolute atomic E-state index is 2.33. The monoisotopic (exact) mass is 214 g/mol. The number of alkyl halides is 7. The van der Waals surface area contributed by atoms with Gasteiger partial charge in [-0.05, 0) is 0 Å². The van der Waals surface area contributed by atoms with E-state index in [-0.39, 0.29) is 0 Å². The van der Waals surface area contributed by atoms with Gasteiger partial charge in [-0.25, -0.2) is 8.78 Å². The summed E-state index contributed by atoms with van der Waals surface area (Å²) in [6, 6.07) is 0. The van der Waals surface area contributed by atoms with Gasteiger partial charge in [0.2, 0.25) is 0 Å². The summed E-state index contributed by atoms with van der Waals surface area (Å²) in [7, 11) is 0. The van der Waals surface area contributed by atoms with Crippen molar-refractivity contribution in [3.8, 4) is 0 Å². The quantitative estimate of drug-likeness (QED) is 0.714. The van der Waals surface area contributed by atoms with Gasteiger partial charge in [-0.2, -0.15) is 22.0 Å². The van der Waals surface area contributed by atoms with Gasteiger partial charge in [-0.15, -0.1) is 0 Å². The summed E-state index contributed by atoms with van der Waals surface area (Å²) in [5, 5.41) is 8.10. The molecule has 0 bridgehead atoms. The number of hydrogen-bond acceptors (Lipinski definition) is 1. The van der Waals surface area contributed by atoms with Crippen molar-refractivity contribution in [3.05, 3.63) is 0 Å². The van der Waals surface area contributed by atoms with Crippen LogP contribution in [0.2, 0.25) is 0 Å². The molecule has 0 aromatic heterocycles. The molecule has 0 aromatic rings. The summed E-state index contributed by atoms with van der Waals surface area (Å²) in [5.74, 6) is -5.29. The summed E-state index contributed by atoms with van der Waals surface area (Å²) in [4.78, 5) is 0. The first-order chi connectivity index (χ1) is 5.58. The molecule has 8 heteroatoms. The highest BCUT2D eigenvalue weighted by atomic mass is 19.4. The van der Waals surface area contributed by atoms with E-state index in [1.165, 1.54) is 0 Å². The Labute approximate surface area is 68.2 Å². The minimum Gasteiger partial charge on any atom is -0.387 e. The zero-order valence-corrected chi connectivity index (χ0v) is 5.95. The lowest BCUT2D eigenvalue weighted by atomic mass is 10.1. The number of halogens is 7. The molecule has 1 nitrogen and oxygen atoms in total. The molecule has 1 atom stereocenters. The third-order valence-corrected chi connectivity index (χ3v) is 1.17. The largest absolute Gasteiger partial charge is 0.453 e. The van der Waals surface area contributed by atoms with Gasteiger partial charge in [0.25, 0.3) is 6.43 Å². The van der Waals surface area contributed by atoms with Crippen molar-refractivity contribution >= 4 is 0 Å². The van der Waals surface area contributed by atoms with Crippen LogP contribution in [0.25, 0.3) is 0 Å². The lowest BCUT2D eigenvalue weighted by molar-refractivity contribution is -0.293. The molecule has 0 rings (SSSR count). The number of hydrogen-bond donors (Lipinski definition) is 1. The Morgan fingerprint density at radius 3 is 1.62 bits per heavy atom. The van der Waals surface area contributed by atoms with Gasteiger partial charge in [0, 0.05) is 0 Å². The van der Waals surface area contributed by atoms with Crippen molar-refractivity contribution < 1.29 is 35.8 Å². The van der Waals surface area contributed by atoms with E-state index in [1.807, 2.05) is 0 Å². The molecule has 0 aliphatic rings. The van der Waals surface area contributed by atoms with Crippen molar-refractivity contribution in [1.82, 2.24) is 0 Å². The van der Waals surface area contributed by atoms with E-state index in [9.17, 15) is 30.7 Å². The lowest BCUT2D eigenvalue weighted by Crippen LogP contribution is -2.41. The molecule has 0 aliphatic heterocycles. The molecule has 0 aliphatic carbocycles. The molecule has 0 aromatic carbocycles. The zero-order chi connectivity index (χ0) is 10.9. The molecule has 0 spiro atoms. The van der Waals surface area contributed by atoms with Crippen molar-refractivity contribution in [1.29, 1.82) is 0 Å². The summed E-state index contributed by atoms with van der Waals surface area (Å²) >= 11 is 0. The minimum atomic E-state index is -5.91. The second kappa shape index (κ2) is 3.69. The van der Waals surface area contributed by atoms with E-state index >= 15 is 0 Å². The van der Waals surface area contributed by atoms with Crippen LogP contribution in [0, 0.1) is 0 Å². The second-order valence-electron chi connectivity index (χ2n) is 2.31. The molecule has 0 saturated heterocycles. The topological polar surface area (TPSA) is 20.2 Å². The van der Waals surface area contributed by atoms with E-state index in [2.05, 4.69) is 0 Å². The predicted octanol–water partition coefficient (Wildman–Crippen LogP) is 2.20. The molecule has 0 saturated carbocycles. The highest BCUT2D eigenvalue weighted by Gasteiger charge is 2.58. The highest BCUT2D eigenvalue weighted by Crippen LogP contribution is 2.39. The molecule has 0 radical (unpaired) electrons.